The molecule has 84 valence electrons. The van der Waals surface area contributed by atoms with Crippen molar-refractivity contribution in [3.05, 3.63) is 35.1 Å². The lowest BCUT2D eigenvalue weighted by atomic mass is 10.2. The summed E-state index contributed by atoms with van der Waals surface area (Å²) in [5, 5.41) is 7.12. The van der Waals surface area contributed by atoms with E-state index in [4.69, 9.17) is 4.52 Å². The van der Waals surface area contributed by atoms with Crippen molar-refractivity contribution in [1.29, 1.82) is 0 Å². The zero-order chi connectivity index (χ0) is 11.5. The first-order valence-corrected chi connectivity index (χ1v) is 5.11. The molecule has 0 aliphatic rings. The molecule has 0 aliphatic carbocycles. The summed E-state index contributed by atoms with van der Waals surface area (Å²) >= 11 is 0. The summed E-state index contributed by atoms with van der Waals surface area (Å²) in [7, 11) is 0. The van der Waals surface area contributed by atoms with Crippen LogP contribution in [0, 0.1) is 20.8 Å². The Bertz CT molecular complexity index is 473. The molecule has 0 fully saturated rings. The molecule has 0 atom stereocenters. The number of nitrogens with zero attached hydrogens (tertiary/aromatic N) is 3. The van der Waals surface area contributed by atoms with Gasteiger partial charge in [-0.25, -0.2) is 4.98 Å². The highest BCUT2D eigenvalue weighted by Crippen LogP contribution is 2.14. The molecule has 16 heavy (non-hydrogen) atoms. The molecule has 5 heteroatoms. The van der Waals surface area contributed by atoms with Gasteiger partial charge in [0.2, 0.25) is 0 Å². The Morgan fingerprint density at radius 1 is 1.12 bits per heavy atom. The topological polar surface area (TPSA) is 63.8 Å². The van der Waals surface area contributed by atoms with E-state index in [-0.39, 0.29) is 0 Å². The zero-order valence-electron chi connectivity index (χ0n) is 9.61. The second kappa shape index (κ2) is 4.30. The molecule has 0 radical (unpaired) electrons. The molecule has 0 aliphatic heterocycles. The number of anilines is 1. The standard InChI is InChI=1S/C11H14N4O/c1-7-10(9(3)16-15-7)6-14-11-8(2)12-4-5-13-11/h4-5H,6H2,1-3H3,(H,13,14). The minimum Gasteiger partial charge on any atom is -0.364 e. The highest BCUT2D eigenvalue weighted by molar-refractivity contribution is 5.39. The van der Waals surface area contributed by atoms with E-state index < -0.39 is 0 Å². The molecule has 2 rings (SSSR count). The van der Waals surface area contributed by atoms with Crippen molar-refractivity contribution >= 4 is 5.82 Å². The number of hydrogen-bond donors (Lipinski definition) is 1. The van der Waals surface area contributed by atoms with E-state index in [1.807, 2.05) is 20.8 Å². The summed E-state index contributed by atoms with van der Waals surface area (Å²) < 4.78 is 5.09. The van der Waals surface area contributed by atoms with Crippen LogP contribution in [0.25, 0.3) is 0 Å². The van der Waals surface area contributed by atoms with Gasteiger partial charge in [-0.2, -0.15) is 0 Å². The fourth-order valence-corrected chi connectivity index (χ4v) is 1.51. The van der Waals surface area contributed by atoms with Crippen molar-refractivity contribution in [1.82, 2.24) is 15.1 Å². The van der Waals surface area contributed by atoms with Gasteiger partial charge in [-0.1, -0.05) is 5.16 Å². The molecular weight excluding hydrogens is 204 g/mol. The molecule has 0 saturated carbocycles. The van der Waals surface area contributed by atoms with E-state index in [2.05, 4.69) is 20.4 Å². The maximum atomic E-state index is 5.09. The normalized spacial score (nSPS) is 10.4. The Morgan fingerprint density at radius 3 is 2.50 bits per heavy atom. The molecule has 0 spiro atoms. The van der Waals surface area contributed by atoms with Gasteiger partial charge in [-0.3, -0.25) is 4.98 Å². The average Bonchev–Trinajstić information content (AvgIpc) is 2.58. The van der Waals surface area contributed by atoms with Crippen LogP contribution in [0.3, 0.4) is 0 Å². The van der Waals surface area contributed by atoms with Crippen molar-refractivity contribution in [2.24, 2.45) is 0 Å². The van der Waals surface area contributed by atoms with Gasteiger partial charge >= 0.3 is 0 Å². The first-order valence-electron chi connectivity index (χ1n) is 5.11. The number of rotatable bonds is 3. The van der Waals surface area contributed by atoms with Crippen molar-refractivity contribution in [2.75, 3.05) is 5.32 Å². The first kappa shape index (κ1) is 10.6. The summed E-state index contributed by atoms with van der Waals surface area (Å²) in [6.07, 6.45) is 3.35. The Balaban J connectivity index is 2.11. The van der Waals surface area contributed by atoms with Crippen LogP contribution in [-0.4, -0.2) is 15.1 Å². The van der Waals surface area contributed by atoms with Crippen LogP contribution in [0.2, 0.25) is 0 Å². The number of aryl methyl sites for hydroxylation is 3. The van der Waals surface area contributed by atoms with Gasteiger partial charge in [0, 0.05) is 24.5 Å². The summed E-state index contributed by atoms with van der Waals surface area (Å²) in [5.74, 6) is 1.63. The lowest BCUT2D eigenvalue weighted by molar-refractivity contribution is 0.392. The lowest BCUT2D eigenvalue weighted by Crippen LogP contribution is -2.05. The predicted octanol–water partition coefficient (Wildman–Crippen LogP) is 2.00. The van der Waals surface area contributed by atoms with Crippen LogP contribution >= 0.6 is 0 Å². The third kappa shape index (κ3) is 2.03. The van der Waals surface area contributed by atoms with E-state index in [1.165, 1.54) is 0 Å². The molecule has 2 heterocycles. The third-order valence-corrected chi connectivity index (χ3v) is 2.50. The van der Waals surface area contributed by atoms with Crippen LogP contribution in [-0.2, 0) is 6.54 Å². The maximum absolute atomic E-state index is 5.09. The average molecular weight is 218 g/mol. The Labute approximate surface area is 93.9 Å². The molecule has 0 aromatic carbocycles. The molecular formula is C11H14N4O. The largest absolute Gasteiger partial charge is 0.364 e. The molecule has 2 aromatic heterocycles. The zero-order valence-corrected chi connectivity index (χ0v) is 9.61. The SMILES string of the molecule is Cc1nccnc1NCc1c(C)noc1C. The molecule has 5 nitrogen and oxygen atoms in total. The van der Waals surface area contributed by atoms with Crippen LogP contribution in [0.4, 0.5) is 5.82 Å². The van der Waals surface area contributed by atoms with Gasteiger partial charge < -0.3 is 9.84 Å². The summed E-state index contributed by atoms with van der Waals surface area (Å²) in [5.41, 5.74) is 2.87. The fourth-order valence-electron chi connectivity index (χ4n) is 1.51. The smallest absolute Gasteiger partial charge is 0.147 e. The summed E-state index contributed by atoms with van der Waals surface area (Å²) in [6, 6.07) is 0. The van der Waals surface area contributed by atoms with Gasteiger partial charge in [0.25, 0.3) is 0 Å². The summed E-state index contributed by atoms with van der Waals surface area (Å²) in [4.78, 5) is 8.37. The quantitative estimate of drug-likeness (QED) is 0.853. The van der Waals surface area contributed by atoms with Gasteiger partial charge in [0.05, 0.1) is 11.4 Å². The highest BCUT2D eigenvalue weighted by Gasteiger charge is 2.09. The molecule has 0 unspecified atom stereocenters. The number of hydrogen-bond acceptors (Lipinski definition) is 5. The minimum atomic E-state index is 0.653. The van der Waals surface area contributed by atoms with E-state index in [9.17, 15) is 0 Å². The monoisotopic (exact) mass is 218 g/mol. The summed E-state index contributed by atoms with van der Waals surface area (Å²) in [6.45, 7) is 6.40. The Morgan fingerprint density at radius 2 is 1.88 bits per heavy atom. The van der Waals surface area contributed by atoms with Crippen LogP contribution in [0.1, 0.15) is 22.7 Å². The van der Waals surface area contributed by atoms with Crippen LogP contribution in [0.15, 0.2) is 16.9 Å². The second-order valence-electron chi connectivity index (χ2n) is 3.65. The molecule has 0 bridgehead atoms. The van der Waals surface area contributed by atoms with Gasteiger partial charge in [0.15, 0.2) is 0 Å². The molecule has 0 amide bonds. The van der Waals surface area contributed by atoms with Crippen LogP contribution < -0.4 is 5.32 Å². The van der Waals surface area contributed by atoms with E-state index >= 15 is 0 Å². The van der Waals surface area contributed by atoms with E-state index in [0.29, 0.717) is 6.54 Å². The van der Waals surface area contributed by atoms with Crippen molar-refractivity contribution in [3.63, 3.8) is 0 Å². The first-order chi connectivity index (χ1) is 7.68. The fraction of sp³-hybridized carbons (Fsp3) is 0.364. The van der Waals surface area contributed by atoms with Gasteiger partial charge in [0.1, 0.15) is 11.6 Å². The number of nitrogens with one attached hydrogen (secondary N) is 1. The van der Waals surface area contributed by atoms with Gasteiger partial charge in [-0.05, 0) is 20.8 Å². The number of aromatic nitrogens is 3. The Hall–Kier alpha value is -1.91. The second-order valence-corrected chi connectivity index (χ2v) is 3.65. The lowest BCUT2D eigenvalue weighted by Gasteiger charge is -2.06. The Kier molecular flexibility index (Phi) is 2.85. The van der Waals surface area contributed by atoms with Crippen molar-refractivity contribution in [2.45, 2.75) is 27.3 Å². The maximum Gasteiger partial charge on any atom is 0.147 e. The van der Waals surface area contributed by atoms with Crippen LogP contribution in [0.5, 0.6) is 0 Å². The van der Waals surface area contributed by atoms with Crippen molar-refractivity contribution < 1.29 is 4.52 Å². The third-order valence-electron chi connectivity index (χ3n) is 2.50. The molecule has 1 N–H and O–H groups in total. The van der Waals surface area contributed by atoms with Gasteiger partial charge in [-0.15, -0.1) is 0 Å². The molecule has 0 saturated heterocycles. The molecule has 2 aromatic rings. The van der Waals surface area contributed by atoms with Crippen molar-refractivity contribution in [3.8, 4) is 0 Å². The van der Waals surface area contributed by atoms with E-state index in [1.54, 1.807) is 12.4 Å². The van der Waals surface area contributed by atoms with E-state index in [0.717, 1.165) is 28.5 Å². The predicted molar refractivity (Wildman–Crippen MR) is 60.1 cm³/mol. The minimum absolute atomic E-state index is 0.653. The highest BCUT2D eigenvalue weighted by atomic mass is 16.5.